The molecule has 0 bridgehead atoms. The molecule has 3 aromatic rings. The molecule has 4 N–H and O–H groups in total. The van der Waals surface area contributed by atoms with Crippen LogP contribution in [0.4, 0.5) is 10.1 Å². The van der Waals surface area contributed by atoms with Crippen molar-refractivity contribution in [1.29, 1.82) is 0 Å². The topological polar surface area (TPSA) is 105 Å². The Morgan fingerprint density at radius 3 is 2.62 bits per heavy atom. The second-order valence-electron chi connectivity index (χ2n) is 6.26. The minimum absolute atomic E-state index is 0.0715. The Kier molecular flexibility index (Phi) is 6.21. The molecule has 0 radical (unpaired) electrons. The maximum atomic E-state index is 13.8. The zero-order valence-electron chi connectivity index (χ0n) is 15.2. The fraction of sp³-hybridized carbons (Fsp3) is 0.0952. The first-order chi connectivity index (χ1) is 13.9. The average Bonchev–Trinajstić information content (AvgIpc) is 2.69. The Morgan fingerprint density at radius 2 is 1.90 bits per heavy atom. The number of pyridine rings is 1. The van der Waals surface area contributed by atoms with Crippen LogP contribution in [-0.4, -0.2) is 22.0 Å². The largest absolute Gasteiger partial charge is 0.481 e. The molecule has 29 heavy (non-hydrogen) atoms. The number of anilines is 1. The first-order valence-electron chi connectivity index (χ1n) is 8.65. The Balaban J connectivity index is 1.92. The van der Waals surface area contributed by atoms with E-state index in [4.69, 9.17) is 22.4 Å². The van der Waals surface area contributed by atoms with Crippen LogP contribution in [-0.2, 0) is 17.8 Å². The maximum Gasteiger partial charge on any atom is 0.307 e. The van der Waals surface area contributed by atoms with E-state index in [0.717, 1.165) is 0 Å². The SMILES string of the molecule is NCc1cc(F)cc(-c2cccc(C(=O)Nc3c(Cl)cccc3CC(=O)O)n2)c1. The monoisotopic (exact) mass is 413 g/mol. The number of carboxylic acids is 1. The van der Waals surface area contributed by atoms with Gasteiger partial charge in [0, 0.05) is 12.1 Å². The Morgan fingerprint density at radius 1 is 1.14 bits per heavy atom. The van der Waals surface area contributed by atoms with Gasteiger partial charge in [0.1, 0.15) is 11.5 Å². The summed E-state index contributed by atoms with van der Waals surface area (Å²) in [6.07, 6.45) is -0.297. The van der Waals surface area contributed by atoms with E-state index in [1.807, 2.05) is 0 Å². The van der Waals surface area contributed by atoms with Crippen molar-refractivity contribution < 1.29 is 19.1 Å². The van der Waals surface area contributed by atoms with Crippen molar-refractivity contribution >= 4 is 29.2 Å². The summed E-state index contributed by atoms with van der Waals surface area (Å²) in [6.45, 7) is 0.170. The molecule has 0 saturated heterocycles. The highest BCUT2D eigenvalue weighted by molar-refractivity contribution is 6.34. The summed E-state index contributed by atoms with van der Waals surface area (Å²) in [5.41, 5.74) is 7.73. The maximum absolute atomic E-state index is 13.8. The molecular formula is C21H17ClFN3O3. The first kappa shape index (κ1) is 20.4. The summed E-state index contributed by atoms with van der Waals surface area (Å²) < 4.78 is 13.8. The quantitative estimate of drug-likeness (QED) is 0.568. The van der Waals surface area contributed by atoms with Crippen molar-refractivity contribution in [3.05, 3.63) is 82.3 Å². The lowest BCUT2D eigenvalue weighted by Crippen LogP contribution is -2.16. The summed E-state index contributed by atoms with van der Waals surface area (Å²) in [5.74, 6) is -2.07. The van der Waals surface area contributed by atoms with E-state index < -0.39 is 17.7 Å². The number of carboxylic acid groups (broad SMARTS) is 1. The number of nitrogens with two attached hydrogens (primary N) is 1. The van der Waals surface area contributed by atoms with E-state index in [1.54, 1.807) is 36.4 Å². The van der Waals surface area contributed by atoms with Gasteiger partial charge in [-0.2, -0.15) is 0 Å². The third-order valence-corrected chi connectivity index (χ3v) is 4.47. The molecule has 0 saturated carbocycles. The predicted octanol–water partition coefficient (Wildman–Crippen LogP) is 3.88. The third-order valence-electron chi connectivity index (χ3n) is 4.15. The number of nitrogens with one attached hydrogen (secondary N) is 1. The first-order valence-corrected chi connectivity index (χ1v) is 9.02. The van der Waals surface area contributed by atoms with Crippen LogP contribution in [0.2, 0.25) is 5.02 Å². The van der Waals surface area contributed by atoms with Gasteiger partial charge in [0.05, 0.1) is 22.8 Å². The molecule has 6 nitrogen and oxygen atoms in total. The summed E-state index contributed by atoms with van der Waals surface area (Å²) in [4.78, 5) is 28.1. The van der Waals surface area contributed by atoms with Crippen LogP contribution < -0.4 is 11.1 Å². The Hall–Kier alpha value is -3.29. The van der Waals surface area contributed by atoms with Crippen molar-refractivity contribution in [2.45, 2.75) is 13.0 Å². The van der Waals surface area contributed by atoms with Crippen molar-refractivity contribution in [2.24, 2.45) is 5.73 Å². The van der Waals surface area contributed by atoms with E-state index in [1.165, 1.54) is 18.2 Å². The van der Waals surface area contributed by atoms with Crippen LogP contribution in [0.25, 0.3) is 11.3 Å². The highest BCUT2D eigenvalue weighted by Gasteiger charge is 2.16. The summed E-state index contributed by atoms with van der Waals surface area (Å²) in [5, 5.41) is 11.9. The fourth-order valence-corrected chi connectivity index (χ4v) is 3.08. The summed E-state index contributed by atoms with van der Waals surface area (Å²) in [6, 6.07) is 13.8. The Labute approximate surface area is 171 Å². The van der Waals surface area contributed by atoms with E-state index in [9.17, 15) is 14.0 Å². The molecule has 0 fully saturated rings. The normalized spacial score (nSPS) is 10.6. The molecule has 148 valence electrons. The van der Waals surface area contributed by atoms with Gasteiger partial charge < -0.3 is 16.2 Å². The van der Waals surface area contributed by atoms with Crippen LogP contribution in [0.3, 0.4) is 0 Å². The molecule has 0 aliphatic heterocycles. The highest BCUT2D eigenvalue weighted by atomic mass is 35.5. The lowest BCUT2D eigenvalue weighted by atomic mass is 10.1. The molecule has 0 atom stereocenters. The number of carbonyl (C=O) groups is 2. The van der Waals surface area contributed by atoms with Crippen molar-refractivity contribution in [1.82, 2.24) is 4.98 Å². The van der Waals surface area contributed by atoms with E-state index >= 15 is 0 Å². The van der Waals surface area contributed by atoms with Gasteiger partial charge >= 0.3 is 5.97 Å². The van der Waals surface area contributed by atoms with Gasteiger partial charge in [-0.1, -0.05) is 29.8 Å². The zero-order chi connectivity index (χ0) is 21.0. The minimum atomic E-state index is -1.05. The van der Waals surface area contributed by atoms with Gasteiger partial charge in [-0.25, -0.2) is 9.37 Å². The number of halogens is 2. The fourth-order valence-electron chi connectivity index (χ4n) is 2.83. The highest BCUT2D eigenvalue weighted by Crippen LogP contribution is 2.27. The van der Waals surface area contributed by atoms with E-state index in [2.05, 4.69) is 10.3 Å². The molecule has 2 aromatic carbocycles. The van der Waals surface area contributed by atoms with Gasteiger partial charge in [-0.05, 0) is 47.5 Å². The minimum Gasteiger partial charge on any atom is -0.481 e. The second-order valence-corrected chi connectivity index (χ2v) is 6.67. The summed E-state index contributed by atoms with van der Waals surface area (Å²) >= 11 is 6.14. The third kappa shape index (κ3) is 4.96. The lowest BCUT2D eigenvalue weighted by Gasteiger charge is -2.12. The van der Waals surface area contributed by atoms with Crippen LogP contribution >= 0.6 is 11.6 Å². The predicted molar refractivity (Wildman–Crippen MR) is 108 cm³/mol. The van der Waals surface area contributed by atoms with Gasteiger partial charge in [-0.3, -0.25) is 9.59 Å². The van der Waals surface area contributed by atoms with Crippen molar-refractivity contribution in [2.75, 3.05) is 5.32 Å². The molecule has 0 spiro atoms. The van der Waals surface area contributed by atoms with E-state index in [-0.39, 0.29) is 29.4 Å². The second kappa shape index (κ2) is 8.81. The standard InChI is InChI=1S/C21H17ClFN3O3/c22-16-4-1-3-13(10-19(27)28)20(16)26-21(29)18-6-2-5-17(25-18)14-7-12(11-24)8-15(23)9-14/h1-9H,10-11,24H2,(H,26,29)(H,27,28). The van der Waals surface area contributed by atoms with Gasteiger partial charge in [0.2, 0.25) is 0 Å². The Bertz CT molecular complexity index is 1090. The number of hydrogen-bond donors (Lipinski definition) is 3. The number of amides is 1. The molecule has 0 aliphatic rings. The smallest absolute Gasteiger partial charge is 0.307 e. The van der Waals surface area contributed by atoms with Gasteiger partial charge in [0.25, 0.3) is 5.91 Å². The number of para-hydroxylation sites is 1. The number of carbonyl (C=O) groups excluding carboxylic acids is 1. The number of hydrogen-bond acceptors (Lipinski definition) is 4. The number of aromatic nitrogens is 1. The molecule has 1 amide bonds. The molecule has 1 heterocycles. The molecular weight excluding hydrogens is 397 g/mol. The number of rotatable bonds is 6. The van der Waals surface area contributed by atoms with Crippen LogP contribution in [0.15, 0.2) is 54.6 Å². The van der Waals surface area contributed by atoms with Gasteiger partial charge in [-0.15, -0.1) is 0 Å². The lowest BCUT2D eigenvalue weighted by molar-refractivity contribution is -0.136. The van der Waals surface area contributed by atoms with Crippen LogP contribution in [0, 0.1) is 5.82 Å². The number of aliphatic carboxylic acids is 1. The van der Waals surface area contributed by atoms with Crippen LogP contribution in [0.5, 0.6) is 0 Å². The van der Waals surface area contributed by atoms with Gasteiger partial charge in [0.15, 0.2) is 0 Å². The van der Waals surface area contributed by atoms with E-state index in [0.29, 0.717) is 22.4 Å². The zero-order valence-corrected chi connectivity index (χ0v) is 15.9. The molecule has 0 unspecified atom stereocenters. The molecule has 8 heteroatoms. The average molecular weight is 414 g/mol. The van der Waals surface area contributed by atoms with Crippen molar-refractivity contribution in [3.8, 4) is 11.3 Å². The molecule has 0 aliphatic carbocycles. The number of benzene rings is 2. The molecule has 1 aromatic heterocycles. The summed E-state index contributed by atoms with van der Waals surface area (Å²) in [7, 11) is 0. The number of nitrogens with zero attached hydrogens (tertiary/aromatic N) is 1. The van der Waals surface area contributed by atoms with Crippen LogP contribution in [0.1, 0.15) is 21.6 Å². The van der Waals surface area contributed by atoms with Crippen molar-refractivity contribution in [3.63, 3.8) is 0 Å². The molecule has 3 rings (SSSR count).